The zero-order valence-corrected chi connectivity index (χ0v) is 20.4. The van der Waals surface area contributed by atoms with E-state index in [1.165, 1.54) is 16.7 Å². The maximum absolute atomic E-state index is 9.55. The average molecular weight is 472 g/mol. The molecule has 34 heavy (non-hydrogen) atoms. The molecule has 2 N–H and O–H groups in total. The standard InChI is InChI=1S/C27H29N5OS/c1-18(2)33-25-10-7-19(13-20(25)14-28)17-34-26(15-29-3)23-6-4-5-22-21(23)8-9-24(22)32-16-27-30-11-12-31-27/h4-7,10-13,15,18,24,32H,3,8-9,16-17H2,1-2H3,(H,30,31)/b26-15-. The van der Waals surface area contributed by atoms with Crippen LogP contribution in [0, 0.1) is 11.3 Å². The highest BCUT2D eigenvalue weighted by molar-refractivity contribution is 8.07. The lowest BCUT2D eigenvalue weighted by Crippen LogP contribution is -2.19. The highest BCUT2D eigenvalue weighted by Crippen LogP contribution is 2.40. The van der Waals surface area contributed by atoms with Crippen LogP contribution in [0.1, 0.15) is 60.0 Å². The van der Waals surface area contributed by atoms with Gasteiger partial charge in [0.05, 0.1) is 18.2 Å². The number of hydrogen-bond acceptors (Lipinski definition) is 6. The molecule has 1 aliphatic carbocycles. The Labute approximate surface area is 205 Å². The molecule has 0 saturated heterocycles. The molecule has 1 unspecified atom stereocenters. The fraction of sp³-hybridized carbons (Fsp3) is 0.296. The Hall–Kier alpha value is -3.34. The third kappa shape index (κ3) is 5.58. The summed E-state index contributed by atoms with van der Waals surface area (Å²) in [5.74, 6) is 2.30. The van der Waals surface area contributed by atoms with Gasteiger partial charge in [0.2, 0.25) is 0 Å². The van der Waals surface area contributed by atoms with Gasteiger partial charge in [0, 0.05) is 35.3 Å². The third-order valence-corrected chi connectivity index (χ3v) is 6.85. The van der Waals surface area contributed by atoms with Gasteiger partial charge in [0.15, 0.2) is 0 Å². The van der Waals surface area contributed by atoms with Crippen LogP contribution >= 0.6 is 11.8 Å². The van der Waals surface area contributed by atoms with Crippen molar-refractivity contribution in [3.63, 3.8) is 0 Å². The highest BCUT2D eigenvalue weighted by atomic mass is 32.2. The minimum absolute atomic E-state index is 0.0260. The van der Waals surface area contributed by atoms with E-state index in [9.17, 15) is 5.26 Å². The van der Waals surface area contributed by atoms with Gasteiger partial charge in [-0.1, -0.05) is 24.3 Å². The summed E-state index contributed by atoms with van der Waals surface area (Å²) >= 11 is 1.71. The summed E-state index contributed by atoms with van der Waals surface area (Å²) in [5.41, 5.74) is 5.53. The van der Waals surface area contributed by atoms with Crippen LogP contribution in [-0.2, 0) is 18.7 Å². The van der Waals surface area contributed by atoms with Crippen molar-refractivity contribution in [2.24, 2.45) is 4.99 Å². The fourth-order valence-electron chi connectivity index (χ4n) is 4.25. The summed E-state index contributed by atoms with van der Waals surface area (Å²) in [5, 5.41) is 13.2. The number of aromatic amines is 1. The maximum atomic E-state index is 9.55. The molecule has 0 fully saturated rings. The molecule has 0 saturated carbocycles. The molecule has 1 aliphatic rings. The van der Waals surface area contributed by atoms with Gasteiger partial charge in [-0.15, -0.1) is 11.8 Å². The predicted octanol–water partition coefficient (Wildman–Crippen LogP) is 5.78. The Morgan fingerprint density at radius 1 is 1.41 bits per heavy atom. The molecule has 0 radical (unpaired) electrons. The number of rotatable bonds is 10. The molecular weight excluding hydrogens is 442 g/mol. The predicted molar refractivity (Wildman–Crippen MR) is 139 cm³/mol. The molecule has 7 heteroatoms. The van der Waals surface area contributed by atoms with E-state index in [1.54, 1.807) is 18.0 Å². The van der Waals surface area contributed by atoms with E-state index >= 15 is 0 Å². The largest absolute Gasteiger partial charge is 0.490 e. The zero-order chi connectivity index (χ0) is 23.9. The summed E-state index contributed by atoms with van der Waals surface area (Å²) in [6.07, 6.45) is 7.55. The summed E-state index contributed by atoms with van der Waals surface area (Å²) in [6, 6.07) is 14.9. The molecule has 0 amide bonds. The number of ether oxygens (including phenoxy) is 1. The number of hydrogen-bond donors (Lipinski definition) is 2. The molecule has 3 aromatic rings. The lowest BCUT2D eigenvalue weighted by molar-refractivity contribution is 0.241. The van der Waals surface area contributed by atoms with E-state index in [2.05, 4.69) is 51.3 Å². The number of thioether (sulfide) groups is 1. The van der Waals surface area contributed by atoms with E-state index in [0.29, 0.717) is 23.9 Å². The molecule has 174 valence electrons. The number of fused-ring (bicyclic) bond motifs is 1. The molecule has 1 aromatic heterocycles. The van der Waals surface area contributed by atoms with E-state index in [1.807, 2.05) is 44.4 Å². The minimum atomic E-state index is 0.0260. The molecule has 1 heterocycles. The van der Waals surface area contributed by atoms with Crippen LogP contribution in [0.15, 0.2) is 60.0 Å². The lowest BCUT2D eigenvalue weighted by Gasteiger charge is -2.16. The molecule has 6 nitrogen and oxygen atoms in total. The van der Waals surface area contributed by atoms with Crippen molar-refractivity contribution in [3.05, 3.63) is 88.6 Å². The van der Waals surface area contributed by atoms with Gasteiger partial charge in [-0.2, -0.15) is 5.26 Å². The van der Waals surface area contributed by atoms with Gasteiger partial charge >= 0.3 is 0 Å². The van der Waals surface area contributed by atoms with Crippen molar-refractivity contribution in [3.8, 4) is 11.8 Å². The zero-order valence-electron chi connectivity index (χ0n) is 19.5. The summed E-state index contributed by atoms with van der Waals surface area (Å²) in [4.78, 5) is 12.6. The smallest absolute Gasteiger partial charge is 0.137 e. The molecule has 0 bridgehead atoms. The van der Waals surface area contributed by atoms with Crippen LogP contribution in [-0.4, -0.2) is 22.8 Å². The Morgan fingerprint density at radius 3 is 3.03 bits per heavy atom. The van der Waals surface area contributed by atoms with Crippen LogP contribution < -0.4 is 10.1 Å². The normalized spacial score (nSPS) is 15.2. The number of aromatic nitrogens is 2. The van der Waals surface area contributed by atoms with E-state index in [0.717, 1.165) is 34.9 Å². The van der Waals surface area contributed by atoms with Crippen molar-refractivity contribution >= 4 is 23.4 Å². The first-order valence-corrected chi connectivity index (χ1v) is 12.4. The molecule has 0 spiro atoms. The first-order chi connectivity index (χ1) is 16.6. The average Bonchev–Trinajstić information content (AvgIpc) is 3.50. The quantitative estimate of drug-likeness (QED) is 0.366. The molecule has 1 atom stereocenters. The van der Waals surface area contributed by atoms with Crippen molar-refractivity contribution in [2.75, 3.05) is 0 Å². The van der Waals surface area contributed by atoms with Gasteiger partial charge in [-0.05, 0) is 67.8 Å². The number of H-pyrrole nitrogens is 1. The van der Waals surface area contributed by atoms with Crippen LogP contribution in [0.2, 0.25) is 0 Å². The second-order valence-corrected chi connectivity index (χ2v) is 9.47. The first-order valence-electron chi connectivity index (χ1n) is 11.4. The molecule has 0 aliphatic heterocycles. The van der Waals surface area contributed by atoms with E-state index in [4.69, 9.17) is 4.74 Å². The van der Waals surface area contributed by atoms with Crippen LogP contribution in [0.25, 0.3) is 4.91 Å². The van der Waals surface area contributed by atoms with E-state index < -0.39 is 0 Å². The number of aliphatic imine (C=N–C) groups is 1. The number of nitrogens with one attached hydrogen (secondary N) is 2. The van der Waals surface area contributed by atoms with Gasteiger partial charge in [-0.3, -0.25) is 4.99 Å². The Balaban J connectivity index is 1.50. The first kappa shape index (κ1) is 23.8. The minimum Gasteiger partial charge on any atom is -0.490 e. The number of nitrogens with zero attached hydrogens (tertiary/aromatic N) is 3. The van der Waals surface area contributed by atoms with Crippen molar-refractivity contribution in [1.29, 1.82) is 5.26 Å². The van der Waals surface area contributed by atoms with Crippen LogP contribution in [0.3, 0.4) is 0 Å². The van der Waals surface area contributed by atoms with Crippen molar-refractivity contribution in [1.82, 2.24) is 15.3 Å². The summed E-state index contributed by atoms with van der Waals surface area (Å²) in [6.45, 7) is 8.32. The Kier molecular flexibility index (Phi) is 7.84. The number of nitriles is 1. The SMILES string of the molecule is C=N/C=C(\SCc1ccc(OC(C)C)c(C#N)c1)c1cccc2c1CCC2NCc1ncc[nH]1. The Morgan fingerprint density at radius 2 is 2.29 bits per heavy atom. The number of benzene rings is 2. The summed E-state index contributed by atoms with van der Waals surface area (Å²) < 4.78 is 5.75. The molecule has 4 rings (SSSR count). The lowest BCUT2D eigenvalue weighted by atomic mass is 10.0. The second-order valence-electron chi connectivity index (χ2n) is 8.45. The van der Waals surface area contributed by atoms with Crippen LogP contribution in [0.5, 0.6) is 5.75 Å². The highest BCUT2D eigenvalue weighted by Gasteiger charge is 2.25. The summed E-state index contributed by atoms with van der Waals surface area (Å²) in [7, 11) is 0. The maximum Gasteiger partial charge on any atom is 0.137 e. The molecular formula is C27H29N5OS. The van der Waals surface area contributed by atoms with Crippen molar-refractivity contribution in [2.45, 2.75) is 51.1 Å². The van der Waals surface area contributed by atoms with E-state index in [-0.39, 0.29) is 6.10 Å². The monoisotopic (exact) mass is 471 g/mol. The van der Waals surface area contributed by atoms with Crippen LogP contribution in [0.4, 0.5) is 0 Å². The number of imidazole rings is 1. The third-order valence-electron chi connectivity index (χ3n) is 5.74. The van der Waals surface area contributed by atoms with Gasteiger partial charge in [-0.25, -0.2) is 4.98 Å². The van der Waals surface area contributed by atoms with Crippen molar-refractivity contribution < 1.29 is 4.74 Å². The second kappa shape index (κ2) is 11.2. The topological polar surface area (TPSA) is 86.1 Å². The van der Waals surface area contributed by atoms with Gasteiger partial charge < -0.3 is 15.0 Å². The Bertz CT molecular complexity index is 1210. The fourth-order valence-corrected chi connectivity index (χ4v) is 5.25. The van der Waals surface area contributed by atoms with Gasteiger partial charge in [0.25, 0.3) is 0 Å². The van der Waals surface area contributed by atoms with Gasteiger partial charge in [0.1, 0.15) is 17.6 Å². The molecule has 2 aromatic carbocycles.